The standard InChI is InChI=1S/C17H11FN4O2/c18-12-7-3-1-5-10(12)9-19-22-16(23)15-14(21-17(22)24)11-6-2-4-8-13(11)20-15/h1-9,20H,(H,21,24)/b19-9-. The van der Waals surface area contributed by atoms with Crippen molar-refractivity contribution in [3.05, 3.63) is 80.7 Å². The van der Waals surface area contributed by atoms with Crippen molar-refractivity contribution in [3.8, 4) is 0 Å². The monoisotopic (exact) mass is 322 g/mol. The van der Waals surface area contributed by atoms with Gasteiger partial charge in [0.25, 0.3) is 0 Å². The van der Waals surface area contributed by atoms with Crippen LogP contribution in [0.25, 0.3) is 21.9 Å². The number of aromatic nitrogens is 3. The third-order valence-corrected chi connectivity index (χ3v) is 3.75. The minimum Gasteiger partial charge on any atom is -0.349 e. The van der Waals surface area contributed by atoms with Crippen LogP contribution >= 0.6 is 0 Å². The number of nitrogens with one attached hydrogen (secondary N) is 2. The Morgan fingerprint density at radius 2 is 1.71 bits per heavy atom. The summed E-state index contributed by atoms with van der Waals surface area (Å²) >= 11 is 0. The van der Waals surface area contributed by atoms with Crippen LogP contribution in [-0.4, -0.2) is 20.9 Å². The third-order valence-electron chi connectivity index (χ3n) is 3.75. The highest BCUT2D eigenvalue weighted by Gasteiger charge is 2.12. The summed E-state index contributed by atoms with van der Waals surface area (Å²) in [6, 6.07) is 13.2. The predicted octanol–water partition coefficient (Wildman–Crippen LogP) is 2.19. The second-order valence-electron chi connectivity index (χ2n) is 5.23. The van der Waals surface area contributed by atoms with Crippen LogP contribution < -0.4 is 11.2 Å². The van der Waals surface area contributed by atoms with Gasteiger partial charge in [-0.25, -0.2) is 9.18 Å². The van der Waals surface area contributed by atoms with Crippen LogP contribution in [0.3, 0.4) is 0 Å². The molecular formula is C17H11FN4O2. The lowest BCUT2D eigenvalue weighted by Crippen LogP contribution is -2.32. The summed E-state index contributed by atoms with van der Waals surface area (Å²) in [4.78, 5) is 30.3. The van der Waals surface area contributed by atoms with Crippen molar-refractivity contribution in [2.45, 2.75) is 0 Å². The van der Waals surface area contributed by atoms with Crippen molar-refractivity contribution in [1.82, 2.24) is 14.6 Å². The Morgan fingerprint density at radius 1 is 0.958 bits per heavy atom. The van der Waals surface area contributed by atoms with Crippen molar-refractivity contribution in [3.63, 3.8) is 0 Å². The van der Waals surface area contributed by atoms with Crippen molar-refractivity contribution in [1.29, 1.82) is 0 Å². The van der Waals surface area contributed by atoms with E-state index in [9.17, 15) is 14.0 Å². The molecule has 0 saturated heterocycles. The van der Waals surface area contributed by atoms with Gasteiger partial charge < -0.3 is 9.97 Å². The van der Waals surface area contributed by atoms with Gasteiger partial charge in [-0.05, 0) is 12.1 Å². The first kappa shape index (κ1) is 14.1. The third kappa shape index (κ3) is 2.14. The molecule has 0 amide bonds. The topological polar surface area (TPSA) is 83.0 Å². The Labute approximate surface area is 133 Å². The number of hydrogen-bond acceptors (Lipinski definition) is 3. The minimum absolute atomic E-state index is 0.181. The van der Waals surface area contributed by atoms with Gasteiger partial charge in [0.2, 0.25) is 0 Å². The van der Waals surface area contributed by atoms with E-state index in [1.54, 1.807) is 24.3 Å². The van der Waals surface area contributed by atoms with Gasteiger partial charge in [-0.3, -0.25) is 4.79 Å². The predicted molar refractivity (Wildman–Crippen MR) is 90.1 cm³/mol. The zero-order valence-corrected chi connectivity index (χ0v) is 12.3. The Balaban J connectivity index is 1.94. The molecule has 0 radical (unpaired) electrons. The molecule has 7 heteroatoms. The molecule has 2 heterocycles. The maximum Gasteiger partial charge on any atom is 0.350 e. The lowest BCUT2D eigenvalue weighted by atomic mass is 10.2. The molecule has 2 aromatic heterocycles. The highest BCUT2D eigenvalue weighted by Crippen LogP contribution is 2.19. The van der Waals surface area contributed by atoms with Gasteiger partial charge in [0.1, 0.15) is 11.3 Å². The molecule has 0 aliphatic carbocycles. The smallest absolute Gasteiger partial charge is 0.349 e. The van der Waals surface area contributed by atoms with Gasteiger partial charge in [0.05, 0.1) is 11.7 Å². The van der Waals surface area contributed by atoms with Gasteiger partial charge in [-0.15, -0.1) is 4.68 Å². The van der Waals surface area contributed by atoms with Gasteiger partial charge in [-0.1, -0.05) is 36.4 Å². The molecule has 24 heavy (non-hydrogen) atoms. The minimum atomic E-state index is -0.690. The Morgan fingerprint density at radius 3 is 2.54 bits per heavy atom. The number of rotatable bonds is 2. The molecule has 4 rings (SSSR count). The molecule has 0 aliphatic heterocycles. The van der Waals surface area contributed by atoms with Crippen LogP contribution in [0.1, 0.15) is 5.56 Å². The number of para-hydroxylation sites is 1. The molecular weight excluding hydrogens is 311 g/mol. The summed E-state index contributed by atoms with van der Waals surface area (Å²) in [5.74, 6) is -0.489. The molecule has 2 aromatic carbocycles. The van der Waals surface area contributed by atoms with Crippen molar-refractivity contribution in [2.24, 2.45) is 5.10 Å². The average Bonchev–Trinajstić information content (AvgIpc) is 2.95. The lowest BCUT2D eigenvalue weighted by Gasteiger charge is -1.98. The fourth-order valence-electron chi connectivity index (χ4n) is 2.59. The molecule has 0 atom stereocenters. The highest BCUT2D eigenvalue weighted by atomic mass is 19.1. The van der Waals surface area contributed by atoms with Crippen molar-refractivity contribution in [2.75, 3.05) is 0 Å². The van der Waals surface area contributed by atoms with Crippen LogP contribution in [-0.2, 0) is 0 Å². The maximum atomic E-state index is 13.6. The van der Waals surface area contributed by atoms with Crippen LogP contribution in [0.15, 0.2) is 63.2 Å². The maximum absolute atomic E-state index is 13.6. The summed E-state index contributed by atoms with van der Waals surface area (Å²) < 4.78 is 14.3. The largest absolute Gasteiger partial charge is 0.350 e. The second-order valence-corrected chi connectivity index (χ2v) is 5.23. The van der Waals surface area contributed by atoms with Gasteiger partial charge >= 0.3 is 11.2 Å². The first-order chi connectivity index (χ1) is 11.6. The van der Waals surface area contributed by atoms with E-state index >= 15 is 0 Å². The Kier molecular flexibility index (Phi) is 3.13. The summed E-state index contributed by atoms with van der Waals surface area (Å²) in [6.45, 7) is 0. The van der Waals surface area contributed by atoms with E-state index in [0.29, 0.717) is 10.2 Å². The molecule has 6 nitrogen and oxygen atoms in total. The van der Waals surface area contributed by atoms with Gasteiger partial charge in [-0.2, -0.15) is 5.10 Å². The molecule has 0 spiro atoms. The average molecular weight is 322 g/mol. The van der Waals surface area contributed by atoms with Gasteiger partial charge in [0, 0.05) is 16.5 Å². The van der Waals surface area contributed by atoms with Crippen LogP contribution in [0.2, 0.25) is 0 Å². The summed E-state index contributed by atoms with van der Waals surface area (Å²) in [6.07, 6.45) is 1.14. The first-order valence-corrected chi connectivity index (χ1v) is 7.20. The summed E-state index contributed by atoms with van der Waals surface area (Å²) in [7, 11) is 0. The Bertz CT molecular complexity index is 1220. The number of hydrogen-bond donors (Lipinski definition) is 2. The molecule has 0 fully saturated rings. The highest BCUT2D eigenvalue weighted by molar-refractivity contribution is 6.04. The van der Waals surface area contributed by atoms with Crippen LogP contribution in [0.5, 0.6) is 0 Å². The molecule has 0 aliphatic rings. The van der Waals surface area contributed by atoms with Crippen molar-refractivity contribution < 1.29 is 4.39 Å². The number of fused-ring (bicyclic) bond motifs is 3. The van der Waals surface area contributed by atoms with Gasteiger partial charge in [0.15, 0.2) is 0 Å². The van der Waals surface area contributed by atoms with Crippen LogP contribution in [0, 0.1) is 5.82 Å². The number of benzene rings is 2. The molecule has 0 saturated carbocycles. The normalized spacial score (nSPS) is 11.7. The fraction of sp³-hybridized carbons (Fsp3) is 0. The second kappa shape index (κ2) is 5.31. The molecule has 118 valence electrons. The zero-order valence-electron chi connectivity index (χ0n) is 12.3. The molecule has 0 bridgehead atoms. The fourth-order valence-corrected chi connectivity index (χ4v) is 2.59. The number of aromatic amines is 2. The summed E-state index contributed by atoms with van der Waals surface area (Å²) in [5, 5.41) is 4.57. The SMILES string of the molecule is O=c1[nH]c2c([nH]c3ccccc32)c(=O)n1/N=C\c1ccccc1F. The summed E-state index contributed by atoms with van der Waals surface area (Å²) in [5.41, 5.74) is 0.290. The quantitative estimate of drug-likeness (QED) is 0.555. The Hall–Kier alpha value is -3.48. The van der Waals surface area contributed by atoms with E-state index in [0.717, 1.165) is 17.1 Å². The van der Waals surface area contributed by atoms with E-state index in [4.69, 9.17) is 0 Å². The van der Waals surface area contributed by atoms with E-state index in [1.165, 1.54) is 12.1 Å². The molecule has 4 aromatic rings. The van der Waals surface area contributed by atoms with E-state index in [-0.39, 0.29) is 11.1 Å². The van der Waals surface area contributed by atoms with Crippen LogP contribution in [0.4, 0.5) is 4.39 Å². The number of nitrogens with zero attached hydrogens (tertiary/aromatic N) is 2. The molecule has 0 unspecified atom stereocenters. The number of halogens is 1. The van der Waals surface area contributed by atoms with E-state index < -0.39 is 17.1 Å². The zero-order chi connectivity index (χ0) is 16.7. The number of H-pyrrole nitrogens is 2. The lowest BCUT2D eigenvalue weighted by molar-refractivity contribution is 0.625. The van der Waals surface area contributed by atoms with E-state index in [2.05, 4.69) is 15.1 Å². The van der Waals surface area contributed by atoms with Crippen molar-refractivity contribution >= 4 is 28.2 Å². The van der Waals surface area contributed by atoms with E-state index in [1.807, 2.05) is 12.1 Å². The first-order valence-electron chi connectivity index (χ1n) is 7.20. The molecule has 2 N–H and O–H groups in total.